The van der Waals surface area contributed by atoms with Crippen LogP contribution in [-0.2, 0) is 25.9 Å². The van der Waals surface area contributed by atoms with Crippen LogP contribution in [0.25, 0.3) is 0 Å². The van der Waals surface area contributed by atoms with Crippen molar-refractivity contribution in [2.24, 2.45) is 10.3 Å². The van der Waals surface area contributed by atoms with Crippen LogP contribution in [0.3, 0.4) is 0 Å². The maximum absolute atomic E-state index is 14.4. The van der Waals surface area contributed by atoms with Crippen LogP contribution >= 0.6 is 0 Å². The predicted molar refractivity (Wildman–Crippen MR) is 116 cm³/mol. The smallest absolute Gasteiger partial charge is 0.273 e. The molecule has 0 saturated carbocycles. The van der Waals surface area contributed by atoms with Gasteiger partial charge in [-0.3, -0.25) is 15.1 Å². The van der Waals surface area contributed by atoms with Crippen LogP contribution in [0.4, 0.5) is 4.39 Å². The fourth-order valence-electron chi connectivity index (χ4n) is 2.72. The van der Waals surface area contributed by atoms with E-state index >= 15 is 0 Å². The predicted octanol–water partition coefficient (Wildman–Crippen LogP) is 2.82. The third-order valence-electron chi connectivity index (χ3n) is 4.17. The van der Waals surface area contributed by atoms with Gasteiger partial charge in [-0.25, -0.2) is 4.39 Å². The van der Waals surface area contributed by atoms with Crippen LogP contribution in [0.2, 0.25) is 0 Å². The Kier molecular flexibility index (Phi) is 8.71. The third-order valence-corrected chi connectivity index (χ3v) is 4.17. The second-order valence-corrected chi connectivity index (χ2v) is 6.33. The highest BCUT2D eigenvalue weighted by molar-refractivity contribution is 6.45. The first-order chi connectivity index (χ1) is 14.9. The normalized spacial score (nSPS) is 11.6. The van der Waals surface area contributed by atoms with E-state index in [9.17, 15) is 9.18 Å². The van der Waals surface area contributed by atoms with Crippen LogP contribution in [0, 0.1) is 12.7 Å². The number of carbonyl (C=O) groups excluding carboxylic acids is 1. The van der Waals surface area contributed by atoms with Gasteiger partial charge in [-0.15, -0.1) is 0 Å². The number of amides is 1. The number of halogens is 1. The van der Waals surface area contributed by atoms with E-state index in [-0.39, 0.29) is 29.3 Å². The van der Waals surface area contributed by atoms with Gasteiger partial charge in [0, 0.05) is 18.2 Å². The van der Waals surface area contributed by atoms with Crippen molar-refractivity contribution in [1.29, 1.82) is 0 Å². The number of nitrogens with zero attached hydrogens (tertiary/aromatic N) is 2. The Bertz CT molecular complexity index is 1000. The summed E-state index contributed by atoms with van der Waals surface area (Å²) in [4.78, 5) is 27.3. The van der Waals surface area contributed by atoms with Gasteiger partial charge in [0.05, 0.1) is 5.70 Å². The Labute approximate surface area is 180 Å². The maximum atomic E-state index is 14.4. The number of allylic oxidation sites excluding steroid dienone is 1. The number of benzene rings is 2. The van der Waals surface area contributed by atoms with Gasteiger partial charge in [0.15, 0.2) is 5.71 Å². The fourth-order valence-corrected chi connectivity index (χ4v) is 2.72. The van der Waals surface area contributed by atoms with Gasteiger partial charge in [-0.2, -0.15) is 0 Å². The molecule has 0 aliphatic heterocycles. The van der Waals surface area contributed by atoms with Crippen LogP contribution in [0.1, 0.15) is 22.3 Å². The van der Waals surface area contributed by atoms with E-state index < -0.39 is 11.7 Å². The molecule has 0 fully saturated rings. The molecule has 0 radical (unpaired) electrons. The van der Waals surface area contributed by atoms with Gasteiger partial charge in [0.25, 0.3) is 5.91 Å². The minimum Gasteiger partial charge on any atom is -0.399 e. The van der Waals surface area contributed by atoms with Crippen molar-refractivity contribution in [2.75, 3.05) is 21.3 Å². The second kappa shape index (κ2) is 11.5. The minimum absolute atomic E-state index is 0.0472. The highest BCUT2D eigenvalue weighted by atomic mass is 19.1. The second-order valence-electron chi connectivity index (χ2n) is 6.33. The van der Waals surface area contributed by atoms with Crippen molar-refractivity contribution in [3.05, 3.63) is 82.8 Å². The number of hydroxylamine groups is 1. The molecule has 8 nitrogen and oxygen atoms in total. The molecular formula is C22H25FN4O4. The summed E-state index contributed by atoms with van der Waals surface area (Å²) in [5.41, 5.74) is 5.28. The third kappa shape index (κ3) is 6.13. The first-order valence-corrected chi connectivity index (χ1v) is 9.29. The van der Waals surface area contributed by atoms with Crippen molar-refractivity contribution < 1.29 is 23.7 Å². The Morgan fingerprint density at radius 2 is 1.74 bits per heavy atom. The molecule has 0 aromatic heterocycles. The van der Waals surface area contributed by atoms with Crippen LogP contribution in [0.5, 0.6) is 0 Å². The molecule has 0 saturated heterocycles. The molecule has 0 aliphatic rings. The van der Waals surface area contributed by atoms with Crippen LogP contribution < -0.4 is 10.8 Å². The maximum Gasteiger partial charge on any atom is 0.273 e. The van der Waals surface area contributed by atoms with Crippen molar-refractivity contribution in [3.63, 3.8) is 0 Å². The number of nitrogens with one attached hydrogen (secondary N) is 2. The lowest BCUT2D eigenvalue weighted by Crippen LogP contribution is -2.29. The molecule has 0 atom stereocenters. The number of likely N-dealkylation sites (N-methyl/N-ethyl adjacent to an activating group) is 1. The largest absolute Gasteiger partial charge is 0.399 e. The molecular weight excluding hydrogens is 403 g/mol. The van der Waals surface area contributed by atoms with Crippen molar-refractivity contribution in [3.8, 4) is 0 Å². The average Bonchev–Trinajstić information content (AvgIpc) is 2.76. The number of aryl methyl sites for hydroxylation is 1. The van der Waals surface area contributed by atoms with Gasteiger partial charge in [0.2, 0.25) is 0 Å². The number of oxime groups is 2. The fraction of sp³-hybridized carbons (Fsp3) is 0.227. The van der Waals surface area contributed by atoms with E-state index in [0.717, 1.165) is 5.56 Å². The summed E-state index contributed by atoms with van der Waals surface area (Å²) in [6.45, 7) is 5.68. The molecule has 31 heavy (non-hydrogen) atoms. The standard InChI is InChI=1S/C22H25FN4O4/c1-14-10-11-18(19(23)12-14)20(26-29-4)15(2)25-31-13-16-8-6-7-9-17(16)21(27-30-5)22(28)24-3/h6-12,25H,2,13H2,1,3-5H3,(H,24,28). The monoisotopic (exact) mass is 428 g/mol. The molecule has 0 spiro atoms. The average molecular weight is 428 g/mol. The van der Waals surface area contributed by atoms with E-state index in [1.807, 2.05) is 0 Å². The number of hydrogen-bond acceptors (Lipinski definition) is 7. The highest BCUT2D eigenvalue weighted by Gasteiger charge is 2.18. The van der Waals surface area contributed by atoms with Crippen molar-refractivity contribution in [2.45, 2.75) is 13.5 Å². The van der Waals surface area contributed by atoms with Crippen molar-refractivity contribution >= 4 is 17.3 Å². The zero-order valence-electron chi connectivity index (χ0n) is 17.9. The quantitative estimate of drug-likeness (QED) is 0.448. The van der Waals surface area contributed by atoms with Gasteiger partial charge in [-0.05, 0) is 30.2 Å². The zero-order chi connectivity index (χ0) is 22.8. The number of hydrogen-bond donors (Lipinski definition) is 2. The lowest BCUT2D eigenvalue weighted by molar-refractivity contribution is -0.114. The molecule has 2 aromatic rings. The Morgan fingerprint density at radius 3 is 2.39 bits per heavy atom. The SMILES string of the molecule is C=C(NOCc1ccccc1C(=NOC)C(=O)NC)C(=NOC)c1ccc(C)cc1F. The molecule has 0 bridgehead atoms. The molecule has 2 N–H and O–H groups in total. The van der Waals surface area contributed by atoms with Crippen molar-refractivity contribution in [1.82, 2.24) is 10.8 Å². The summed E-state index contributed by atoms with van der Waals surface area (Å²) < 4.78 is 14.4. The molecule has 2 rings (SSSR count). The number of rotatable bonds is 10. The molecule has 2 aromatic carbocycles. The Morgan fingerprint density at radius 1 is 1.06 bits per heavy atom. The lowest BCUT2D eigenvalue weighted by Gasteiger charge is -2.14. The van der Waals surface area contributed by atoms with Crippen LogP contribution in [0.15, 0.2) is 65.1 Å². The Balaban J connectivity index is 2.17. The molecule has 164 valence electrons. The first kappa shape index (κ1) is 23.6. The number of carbonyl (C=O) groups is 1. The summed E-state index contributed by atoms with van der Waals surface area (Å²) in [6, 6.07) is 11.8. The molecule has 9 heteroatoms. The molecule has 0 aliphatic carbocycles. The summed E-state index contributed by atoms with van der Waals surface area (Å²) in [5.74, 6) is -0.869. The van der Waals surface area contributed by atoms with Crippen LogP contribution in [-0.4, -0.2) is 38.6 Å². The molecule has 1 amide bonds. The Hall–Kier alpha value is -3.72. The zero-order valence-corrected chi connectivity index (χ0v) is 17.9. The van der Waals surface area contributed by atoms with Gasteiger partial charge < -0.3 is 15.0 Å². The summed E-state index contributed by atoms with van der Waals surface area (Å²) in [6.07, 6.45) is 0. The van der Waals surface area contributed by atoms with Gasteiger partial charge in [-0.1, -0.05) is 47.2 Å². The topological polar surface area (TPSA) is 93.5 Å². The van der Waals surface area contributed by atoms with Gasteiger partial charge >= 0.3 is 0 Å². The molecule has 0 heterocycles. The molecule has 0 unspecified atom stereocenters. The summed E-state index contributed by atoms with van der Waals surface area (Å²) in [7, 11) is 4.21. The summed E-state index contributed by atoms with van der Waals surface area (Å²) >= 11 is 0. The van der Waals surface area contributed by atoms with E-state index in [4.69, 9.17) is 14.5 Å². The lowest BCUT2D eigenvalue weighted by atomic mass is 10.0. The van der Waals surface area contributed by atoms with Gasteiger partial charge in [0.1, 0.15) is 32.4 Å². The first-order valence-electron chi connectivity index (χ1n) is 9.29. The van der Waals surface area contributed by atoms with E-state index in [1.54, 1.807) is 43.3 Å². The van der Waals surface area contributed by atoms with E-state index in [0.29, 0.717) is 11.1 Å². The highest BCUT2D eigenvalue weighted by Crippen LogP contribution is 2.16. The minimum atomic E-state index is -0.463. The summed E-state index contributed by atoms with van der Waals surface area (Å²) in [5, 5.41) is 10.2. The van der Waals surface area contributed by atoms with E-state index in [2.05, 4.69) is 27.7 Å². The van der Waals surface area contributed by atoms with E-state index in [1.165, 1.54) is 27.3 Å².